The lowest BCUT2D eigenvalue weighted by atomic mass is 10.1. The van der Waals surface area contributed by atoms with Gasteiger partial charge in [-0.2, -0.15) is 0 Å². The molecule has 2 N–H and O–H groups in total. The van der Waals surface area contributed by atoms with Crippen LogP contribution >= 0.6 is 0 Å². The molecule has 0 aromatic heterocycles. The second-order valence-electron chi connectivity index (χ2n) is 4.72. The smallest absolute Gasteiger partial charge is 0.226 e. The fraction of sp³-hybridized carbons (Fsp3) is 0.455. The summed E-state index contributed by atoms with van der Waals surface area (Å²) in [5, 5.41) is 8.91. The lowest BCUT2D eigenvalue weighted by molar-refractivity contribution is 0.151. The Balaban J connectivity index is 2.25. The van der Waals surface area contributed by atoms with Gasteiger partial charge in [0.25, 0.3) is 0 Å². The maximum atomic E-state index is 11.8. The molecule has 0 saturated heterocycles. The first kappa shape index (κ1) is 14.4. The van der Waals surface area contributed by atoms with Gasteiger partial charge in [-0.3, -0.25) is 0 Å². The van der Waals surface area contributed by atoms with Crippen LogP contribution in [-0.4, -0.2) is 39.4 Å². The SMILES string of the molecule is CS(=O)(=O)CS(=O)(=O)N[C@H]1c2ccccc2C[C@H]1O. The molecule has 2 atom stereocenters. The minimum absolute atomic E-state index is 0.349. The van der Waals surface area contributed by atoms with Crippen LogP contribution in [0.2, 0.25) is 0 Å². The highest BCUT2D eigenvalue weighted by molar-refractivity contribution is 8.06. The standard InChI is InChI=1S/C11H15NO5S2/c1-18(14,15)7-19(16,17)12-11-9-5-3-2-4-8(9)6-10(11)13/h2-5,10-13H,6-7H2,1H3/t10-,11+/m1/s1. The van der Waals surface area contributed by atoms with Gasteiger partial charge in [0, 0.05) is 12.7 Å². The maximum Gasteiger partial charge on any atom is 0.226 e. The summed E-state index contributed by atoms with van der Waals surface area (Å²) in [6.07, 6.45) is 0.319. The number of benzene rings is 1. The Morgan fingerprint density at radius 3 is 2.53 bits per heavy atom. The summed E-state index contributed by atoms with van der Waals surface area (Å²) in [5.74, 6) is 0. The maximum absolute atomic E-state index is 11.8. The van der Waals surface area contributed by atoms with E-state index in [2.05, 4.69) is 4.72 Å². The van der Waals surface area contributed by atoms with E-state index in [0.717, 1.165) is 11.8 Å². The lowest BCUT2D eigenvalue weighted by Gasteiger charge is -2.17. The molecule has 1 aliphatic rings. The van der Waals surface area contributed by atoms with Crippen molar-refractivity contribution < 1.29 is 21.9 Å². The van der Waals surface area contributed by atoms with E-state index in [1.807, 2.05) is 6.07 Å². The molecule has 8 heteroatoms. The van der Waals surface area contributed by atoms with Gasteiger partial charge in [-0.15, -0.1) is 0 Å². The number of aliphatic hydroxyl groups is 1. The fourth-order valence-electron chi connectivity index (χ4n) is 2.23. The molecule has 106 valence electrons. The Hall–Kier alpha value is -0.960. The first-order chi connectivity index (χ1) is 8.68. The van der Waals surface area contributed by atoms with Crippen LogP contribution in [0.15, 0.2) is 24.3 Å². The Morgan fingerprint density at radius 2 is 1.89 bits per heavy atom. The van der Waals surface area contributed by atoms with E-state index >= 15 is 0 Å². The van der Waals surface area contributed by atoms with Crippen molar-refractivity contribution in [2.75, 3.05) is 11.3 Å². The highest BCUT2D eigenvalue weighted by Crippen LogP contribution is 2.31. The van der Waals surface area contributed by atoms with Crippen LogP contribution in [0.4, 0.5) is 0 Å². The third kappa shape index (κ3) is 3.53. The number of fused-ring (bicyclic) bond motifs is 1. The highest BCUT2D eigenvalue weighted by atomic mass is 32.3. The summed E-state index contributed by atoms with van der Waals surface area (Å²) in [6, 6.07) is 6.29. The second kappa shape index (κ2) is 4.86. The second-order valence-corrected chi connectivity index (χ2v) is 8.98. The van der Waals surface area contributed by atoms with Gasteiger partial charge in [-0.1, -0.05) is 24.3 Å². The number of sulfone groups is 1. The zero-order valence-corrected chi connectivity index (χ0v) is 11.9. The predicted octanol–water partition coefficient (Wildman–Crippen LogP) is -0.434. The number of hydrogen-bond donors (Lipinski definition) is 2. The van der Waals surface area contributed by atoms with Crippen LogP contribution in [0.3, 0.4) is 0 Å². The van der Waals surface area contributed by atoms with Gasteiger partial charge >= 0.3 is 0 Å². The van der Waals surface area contributed by atoms with Crippen molar-refractivity contribution in [3.63, 3.8) is 0 Å². The molecule has 1 aromatic rings. The van der Waals surface area contributed by atoms with Gasteiger partial charge in [-0.25, -0.2) is 21.6 Å². The molecule has 0 radical (unpaired) electrons. The summed E-state index contributed by atoms with van der Waals surface area (Å²) in [5.41, 5.74) is 1.55. The van der Waals surface area contributed by atoms with Crippen molar-refractivity contribution in [3.8, 4) is 0 Å². The van der Waals surface area contributed by atoms with Crippen LogP contribution < -0.4 is 4.72 Å². The first-order valence-electron chi connectivity index (χ1n) is 5.61. The highest BCUT2D eigenvalue weighted by Gasteiger charge is 2.34. The van der Waals surface area contributed by atoms with Crippen LogP contribution in [0.1, 0.15) is 17.2 Å². The molecule has 0 bridgehead atoms. The normalized spacial score (nSPS) is 23.3. The van der Waals surface area contributed by atoms with E-state index in [-0.39, 0.29) is 0 Å². The van der Waals surface area contributed by atoms with E-state index in [0.29, 0.717) is 12.0 Å². The molecule has 1 aliphatic carbocycles. The molecule has 0 saturated carbocycles. The van der Waals surface area contributed by atoms with Crippen molar-refractivity contribution in [1.29, 1.82) is 0 Å². The van der Waals surface area contributed by atoms with Crippen molar-refractivity contribution in [3.05, 3.63) is 35.4 Å². The summed E-state index contributed by atoms with van der Waals surface area (Å²) in [6.45, 7) is 0. The summed E-state index contributed by atoms with van der Waals surface area (Å²) in [7, 11) is -7.65. The van der Waals surface area contributed by atoms with Gasteiger partial charge in [-0.05, 0) is 11.1 Å². The summed E-state index contributed by atoms with van der Waals surface area (Å²) >= 11 is 0. The molecule has 0 heterocycles. The molecule has 19 heavy (non-hydrogen) atoms. The first-order valence-corrected chi connectivity index (χ1v) is 9.33. The van der Waals surface area contributed by atoms with Gasteiger partial charge in [0.05, 0.1) is 12.1 Å². The Bertz CT molecular complexity index is 681. The molecular weight excluding hydrogens is 290 g/mol. The van der Waals surface area contributed by atoms with E-state index < -0.39 is 37.1 Å². The van der Waals surface area contributed by atoms with Gasteiger partial charge in [0.2, 0.25) is 10.0 Å². The third-order valence-electron chi connectivity index (χ3n) is 2.88. The number of rotatable bonds is 4. The monoisotopic (exact) mass is 305 g/mol. The lowest BCUT2D eigenvalue weighted by Crippen LogP contribution is -2.37. The van der Waals surface area contributed by atoms with Crippen molar-refractivity contribution in [1.82, 2.24) is 4.72 Å². The van der Waals surface area contributed by atoms with E-state index in [9.17, 15) is 21.9 Å². The molecule has 0 amide bonds. The molecule has 2 rings (SSSR count). The number of nitrogens with one attached hydrogen (secondary N) is 1. The molecule has 0 aliphatic heterocycles. The van der Waals surface area contributed by atoms with Crippen LogP contribution in [0, 0.1) is 0 Å². The predicted molar refractivity (Wildman–Crippen MR) is 70.7 cm³/mol. The van der Waals surface area contributed by atoms with E-state index in [4.69, 9.17) is 0 Å². The van der Waals surface area contributed by atoms with Gasteiger partial charge in [0.1, 0.15) is 0 Å². The van der Waals surface area contributed by atoms with Gasteiger partial charge in [0.15, 0.2) is 14.9 Å². The average molecular weight is 305 g/mol. The average Bonchev–Trinajstić information content (AvgIpc) is 2.52. The molecule has 0 fully saturated rings. The minimum atomic E-state index is -4.00. The fourth-order valence-corrected chi connectivity index (χ4v) is 5.42. The summed E-state index contributed by atoms with van der Waals surface area (Å²) < 4.78 is 47.9. The van der Waals surface area contributed by atoms with E-state index in [1.54, 1.807) is 18.2 Å². The number of hydrogen-bond acceptors (Lipinski definition) is 5. The van der Waals surface area contributed by atoms with Gasteiger partial charge < -0.3 is 5.11 Å². The molecule has 6 nitrogen and oxygen atoms in total. The van der Waals surface area contributed by atoms with Crippen LogP contribution in [-0.2, 0) is 26.3 Å². The zero-order valence-electron chi connectivity index (χ0n) is 10.3. The topological polar surface area (TPSA) is 101 Å². The van der Waals surface area contributed by atoms with Crippen molar-refractivity contribution >= 4 is 19.9 Å². The van der Waals surface area contributed by atoms with E-state index in [1.165, 1.54) is 0 Å². The Labute approximate surface area is 112 Å². The van der Waals surface area contributed by atoms with Crippen molar-refractivity contribution in [2.24, 2.45) is 0 Å². The quantitative estimate of drug-likeness (QED) is 0.786. The minimum Gasteiger partial charge on any atom is -0.391 e. The number of sulfonamides is 1. The Morgan fingerprint density at radius 1 is 1.26 bits per heavy atom. The molecule has 0 unspecified atom stereocenters. The zero-order chi connectivity index (χ0) is 14.3. The molecule has 0 spiro atoms. The summed E-state index contributed by atoms with van der Waals surface area (Å²) in [4.78, 5) is 0. The molecule has 1 aromatic carbocycles. The molecular formula is C11H15NO5S2. The van der Waals surface area contributed by atoms with Crippen LogP contribution in [0.5, 0.6) is 0 Å². The van der Waals surface area contributed by atoms with Crippen molar-refractivity contribution in [2.45, 2.75) is 18.6 Å². The number of aliphatic hydroxyl groups excluding tert-OH is 1. The van der Waals surface area contributed by atoms with Crippen LogP contribution in [0.25, 0.3) is 0 Å². The third-order valence-corrected chi connectivity index (χ3v) is 6.45. The largest absolute Gasteiger partial charge is 0.391 e. The Kier molecular flexibility index (Phi) is 3.69.